The smallest absolute Gasteiger partial charge is 0.302 e. The van der Waals surface area contributed by atoms with E-state index >= 15 is 0 Å². The van der Waals surface area contributed by atoms with Gasteiger partial charge in [0, 0.05) is 17.7 Å². The van der Waals surface area contributed by atoms with Crippen LogP contribution < -0.4 is 9.44 Å². The van der Waals surface area contributed by atoms with Gasteiger partial charge in [-0.3, -0.25) is 4.57 Å². The molecule has 2 N–H and O–H groups in total. The molecule has 0 radical (unpaired) electrons. The Morgan fingerprint density at radius 3 is 1.14 bits per heavy atom. The first-order valence-electron chi connectivity index (χ1n) is 13.3. The van der Waals surface area contributed by atoms with E-state index in [1.165, 1.54) is 0 Å². The van der Waals surface area contributed by atoms with Crippen molar-refractivity contribution in [3.63, 3.8) is 0 Å². The molecule has 0 unspecified atom stereocenters. The second kappa shape index (κ2) is 7.99. The van der Waals surface area contributed by atoms with Gasteiger partial charge in [-0.05, 0) is 103 Å². The molecule has 0 aromatic carbocycles. The predicted octanol–water partition coefficient (Wildman–Crippen LogP) is 3.70. The lowest BCUT2D eigenvalue weighted by molar-refractivity contribution is -0.0894. The van der Waals surface area contributed by atoms with Crippen LogP contribution in [0.1, 0.15) is 103 Å². The third-order valence-corrected chi connectivity index (χ3v) is 15.3. The lowest BCUT2D eigenvalue weighted by Gasteiger charge is -2.55. The Hall–Kier alpha value is -0.0300. The van der Waals surface area contributed by atoms with Gasteiger partial charge in [0.05, 0.1) is 21.7 Å². The van der Waals surface area contributed by atoms with Gasteiger partial charge >= 0.3 is 7.60 Å². The predicted molar refractivity (Wildman–Crippen MR) is 132 cm³/mol. The van der Waals surface area contributed by atoms with Gasteiger partial charge in [-0.15, -0.1) is 0 Å². The van der Waals surface area contributed by atoms with Crippen molar-refractivity contribution in [2.75, 3.05) is 6.66 Å². The van der Waals surface area contributed by atoms with Crippen LogP contribution in [0.3, 0.4) is 0 Å². The van der Waals surface area contributed by atoms with E-state index in [0.717, 1.165) is 25.7 Å². The molecule has 9 nitrogen and oxygen atoms in total. The van der Waals surface area contributed by atoms with Crippen molar-refractivity contribution < 1.29 is 30.4 Å². The van der Waals surface area contributed by atoms with Crippen LogP contribution in [0.25, 0.3) is 0 Å². The van der Waals surface area contributed by atoms with Crippen molar-refractivity contribution in [1.82, 2.24) is 9.44 Å². The van der Waals surface area contributed by atoms with Crippen LogP contribution in [0.5, 0.6) is 0 Å². The van der Waals surface area contributed by atoms with Crippen LogP contribution in [0.2, 0.25) is 0 Å². The Morgan fingerprint density at radius 1 is 0.600 bits per heavy atom. The molecule has 8 aliphatic carbocycles. The number of hydrogen-bond donors (Lipinski definition) is 2. The highest BCUT2D eigenvalue weighted by Crippen LogP contribution is 2.62. The molecule has 200 valence electrons. The van der Waals surface area contributed by atoms with E-state index in [1.807, 2.05) is 0 Å². The van der Waals surface area contributed by atoms with Gasteiger partial charge in [-0.2, -0.15) is 0 Å². The molecule has 0 saturated heterocycles. The standard InChI is InChI=1S/C23H39N2O7PS2/c1-33(26,31-22-12-6-20(7-13-22,8-14-22)24-34(27,28)18-2-3-18)32-23-15-9-21(10-16-23,11-17-23)25-35(29,30)19-4-5-19/h18-19,24-25H,2-17H2,1H3. The molecule has 8 saturated carbocycles. The van der Waals surface area contributed by atoms with Crippen molar-refractivity contribution in [2.45, 2.75) is 136 Å². The SMILES string of the molecule is CP(=O)(OC12CCC(NS(=O)(=O)C3CC3)(CC1)CC2)OC12CCC(NS(=O)(=O)C3CC3)(CC1)CC2. The molecule has 0 atom stereocenters. The normalized spacial score (nSPS) is 43.2. The molecule has 12 heteroatoms. The zero-order chi connectivity index (χ0) is 24.8. The van der Waals surface area contributed by atoms with E-state index in [2.05, 4.69) is 9.44 Å². The minimum absolute atomic E-state index is 0.223. The monoisotopic (exact) mass is 550 g/mol. The van der Waals surface area contributed by atoms with Crippen LogP contribution in [0, 0.1) is 0 Å². The van der Waals surface area contributed by atoms with E-state index in [-0.39, 0.29) is 21.6 Å². The van der Waals surface area contributed by atoms with Gasteiger partial charge < -0.3 is 9.05 Å². The Kier molecular flexibility index (Phi) is 5.77. The third-order valence-electron chi connectivity index (χ3n) is 9.72. The van der Waals surface area contributed by atoms with Gasteiger partial charge in [0.2, 0.25) is 20.0 Å². The average molecular weight is 551 g/mol. The topological polar surface area (TPSA) is 128 Å². The van der Waals surface area contributed by atoms with E-state index in [4.69, 9.17) is 9.05 Å². The number of nitrogens with one attached hydrogen (secondary N) is 2. The molecule has 0 amide bonds. The molecule has 0 aliphatic heterocycles. The summed E-state index contributed by atoms with van der Waals surface area (Å²) in [5, 5.41) is -0.446. The third kappa shape index (κ3) is 4.92. The number of hydrogen-bond acceptors (Lipinski definition) is 7. The lowest BCUT2D eigenvalue weighted by Crippen LogP contribution is -2.60. The summed E-state index contributed by atoms with van der Waals surface area (Å²) in [6, 6.07) is 0. The van der Waals surface area contributed by atoms with Crippen molar-refractivity contribution in [2.24, 2.45) is 0 Å². The first-order chi connectivity index (χ1) is 16.3. The van der Waals surface area contributed by atoms with Crippen molar-refractivity contribution >= 4 is 27.6 Å². The zero-order valence-electron chi connectivity index (χ0n) is 20.6. The number of sulfonamides is 2. The van der Waals surface area contributed by atoms with Gasteiger partial charge in [0.15, 0.2) is 0 Å². The molecule has 8 rings (SSSR count). The van der Waals surface area contributed by atoms with Gasteiger partial charge in [-0.25, -0.2) is 26.3 Å². The fraction of sp³-hybridized carbons (Fsp3) is 1.00. The van der Waals surface area contributed by atoms with Crippen molar-refractivity contribution in [3.8, 4) is 0 Å². The molecular weight excluding hydrogens is 511 g/mol. The zero-order valence-corrected chi connectivity index (χ0v) is 23.1. The second-order valence-corrected chi connectivity index (χ2v) is 18.4. The van der Waals surface area contributed by atoms with Crippen LogP contribution in [0.15, 0.2) is 0 Å². The number of fused-ring (bicyclic) bond motifs is 6. The molecule has 0 aromatic heterocycles. The van der Waals surface area contributed by atoms with Crippen LogP contribution in [0.4, 0.5) is 0 Å². The highest BCUT2D eigenvalue weighted by molar-refractivity contribution is 7.90. The maximum Gasteiger partial charge on any atom is 0.328 e. The van der Waals surface area contributed by atoms with Crippen LogP contribution >= 0.6 is 7.60 Å². The summed E-state index contributed by atoms with van der Waals surface area (Å²) < 4.78 is 82.5. The summed E-state index contributed by atoms with van der Waals surface area (Å²) in [6.07, 6.45) is 11.3. The first kappa shape index (κ1) is 25.3. The number of rotatable bonds is 10. The van der Waals surface area contributed by atoms with Gasteiger partial charge in [0.1, 0.15) is 0 Å². The van der Waals surface area contributed by atoms with Crippen LogP contribution in [-0.4, -0.2) is 56.3 Å². The summed E-state index contributed by atoms with van der Waals surface area (Å²) in [6.45, 7) is 1.58. The lowest BCUT2D eigenvalue weighted by atomic mass is 9.64. The summed E-state index contributed by atoms with van der Waals surface area (Å²) in [7, 11) is -9.85. The summed E-state index contributed by atoms with van der Waals surface area (Å²) in [5.74, 6) is 0. The molecule has 0 spiro atoms. The summed E-state index contributed by atoms with van der Waals surface area (Å²) in [4.78, 5) is 0. The minimum Gasteiger partial charge on any atom is -0.302 e. The van der Waals surface area contributed by atoms with Gasteiger partial charge in [-0.1, -0.05) is 0 Å². The fourth-order valence-electron chi connectivity index (χ4n) is 7.13. The minimum atomic E-state index is -3.36. The van der Waals surface area contributed by atoms with Crippen molar-refractivity contribution in [1.29, 1.82) is 0 Å². The fourth-order valence-corrected chi connectivity index (χ4v) is 12.8. The maximum atomic E-state index is 13.7. The molecule has 4 bridgehead atoms. The van der Waals surface area contributed by atoms with Gasteiger partial charge in [0.25, 0.3) is 0 Å². The Balaban J connectivity index is 1.06. The van der Waals surface area contributed by atoms with Crippen molar-refractivity contribution in [3.05, 3.63) is 0 Å². The Labute approximate surface area is 209 Å². The molecule has 35 heavy (non-hydrogen) atoms. The average Bonchev–Trinajstić information content (AvgIpc) is 3.67. The highest BCUT2D eigenvalue weighted by Gasteiger charge is 2.57. The molecule has 8 aliphatic rings. The summed E-state index contributed by atoms with van der Waals surface area (Å²) >= 11 is 0. The molecule has 8 fully saturated rings. The largest absolute Gasteiger partial charge is 0.328 e. The van der Waals surface area contributed by atoms with E-state index < -0.39 is 38.8 Å². The van der Waals surface area contributed by atoms with E-state index in [1.54, 1.807) is 6.66 Å². The highest BCUT2D eigenvalue weighted by atomic mass is 32.2. The molecule has 0 heterocycles. The molecule has 0 aromatic rings. The first-order valence-corrected chi connectivity index (χ1v) is 18.4. The quantitative estimate of drug-likeness (QED) is 0.397. The Morgan fingerprint density at radius 2 is 0.886 bits per heavy atom. The van der Waals surface area contributed by atoms with E-state index in [0.29, 0.717) is 77.0 Å². The summed E-state index contributed by atoms with van der Waals surface area (Å²) in [5.41, 5.74) is -1.79. The second-order valence-electron chi connectivity index (χ2n) is 12.6. The van der Waals surface area contributed by atoms with Crippen LogP contribution in [-0.2, 0) is 33.7 Å². The maximum absolute atomic E-state index is 13.7. The Bertz CT molecular complexity index is 1010. The molecular formula is C23H39N2O7PS2. The van der Waals surface area contributed by atoms with E-state index in [9.17, 15) is 21.4 Å².